The highest BCUT2D eigenvalue weighted by Gasteiger charge is 2.47. The van der Waals surface area contributed by atoms with E-state index in [4.69, 9.17) is 4.74 Å². The second kappa shape index (κ2) is 7.25. The minimum atomic E-state index is -0.310. The topological polar surface area (TPSA) is 58.6 Å². The summed E-state index contributed by atoms with van der Waals surface area (Å²) in [6.07, 6.45) is 5.08. The molecule has 1 saturated carbocycles. The van der Waals surface area contributed by atoms with E-state index >= 15 is 0 Å². The third kappa shape index (κ3) is 3.96. The molecule has 120 valence electrons. The summed E-state index contributed by atoms with van der Waals surface area (Å²) in [5.41, 5.74) is 0. The van der Waals surface area contributed by atoms with Crippen LogP contribution in [0.15, 0.2) is 0 Å². The molecule has 2 aliphatic rings. The Bertz CT molecular complexity index is 380. The number of hydrogen-bond donors (Lipinski definition) is 1. The van der Waals surface area contributed by atoms with Gasteiger partial charge in [0.1, 0.15) is 12.1 Å². The first-order valence-electron chi connectivity index (χ1n) is 8.16. The molecule has 0 aromatic heterocycles. The Hall–Kier alpha value is -1.10. The summed E-state index contributed by atoms with van der Waals surface area (Å²) in [6, 6.07) is -0.582. The molecule has 2 rings (SSSR count). The molecular formula is C16H28N2O3. The average molecular weight is 296 g/mol. The van der Waals surface area contributed by atoms with Crippen LogP contribution >= 0.6 is 0 Å². The van der Waals surface area contributed by atoms with Gasteiger partial charge in [-0.05, 0) is 43.9 Å². The normalized spacial score (nSPS) is 26.4. The van der Waals surface area contributed by atoms with Crippen LogP contribution < -0.4 is 5.32 Å². The lowest BCUT2D eigenvalue weighted by atomic mass is 9.95. The second-order valence-electron chi connectivity index (χ2n) is 6.60. The van der Waals surface area contributed by atoms with Gasteiger partial charge in [-0.3, -0.25) is 9.59 Å². The van der Waals surface area contributed by atoms with Crippen molar-refractivity contribution < 1.29 is 14.3 Å². The Balaban J connectivity index is 1.96. The van der Waals surface area contributed by atoms with E-state index in [1.165, 1.54) is 0 Å². The predicted molar refractivity (Wildman–Crippen MR) is 80.7 cm³/mol. The van der Waals surface area contributed by atoms with Crippen LogP contribution in [0.5, 0.6) is 0 Å². The molecule has 2 atom stereocenters. The maximum atomic E-state index is 12.7. The van der Waals surface area contributed by atoms with E-state index in [0.29, 0.717) is 12.5 Å². The molecule has 5 heteroatoms. The molecule has 2 fully saturated rings. The highest BCUT2D eigenvalue weighted by atomic mass is 16.5. The van der Waals surface area contributed by atoms with Crippen LogP contribution in [-0.4, -0.2) is 49.1 Å². The molecule has 1 N–H and O–H groups in total. The van der Waals surface area contributed by atoms with Crippen LogP contribution in [0.3, 0.4) is 0 Å². The van der Waals surface area contributed by atoms with Crippen molar-refractivity contribution in [1.29, 1.82) is 0 Å². The summed E-state index contributed by atoms with van der Waals surface area (Å²) < 4.78 is 5.04. The van der Waals surface area contributed by atoms with Gasteiger partial charge in [-0.1, -0.05) is 13.8 Å². The van der Waals surface area contributed by atoms with Crippen LogP contribution in [0.25, 0.3) is 0 Å². The zero-order valence-corrected chi connectivity index (χ0v) is 13.4. The van der Waals surface area contributed by atoms with Crippen molar-refractivity contribution in [3.05, 3.63) is 0 Å². The van der Waals surface area contributed by atoms with E-state index in [1.54, 1.807) is 7.11 Å². The molecule has 0 aromatic rings. The summed E-state index contributed by atoms with van der Waals surface area (Å²) in [5, 5.41) is 2.95. The van der Waals surface area contributed by atoms with Gasteiger partial charge in [0.25, 0.3) is 0 Å². The molecule has 1 aliphatic carbocycles. The maximum Gasteiger partial charge on any atom is 0.246 e. The van der Waals surface area contributed by atoms with Gasteiger partial charge in [-0.25, -0.2) is 0 Å². The van der Waals surface area contributed by atoms with E-state index in [1.807, 2.05) is 18.7 Å². The molecule has 0 bridgehead atoms. The summed E-state index contributed by atoms with van der Waals surface area (Å²) in [5.74, 6) is 0.666. The Morgan fingerprint density at radius 1 is 1.24 bits per heavy atom. The van der Waals surface area contributed by atoms with Gasteiger partial charge in [-0.2, -0.15) is 0 Å². The van der Waals surface area contributed by atoms with E-state index in [0.717, 1.165) is 38.7 Å². The van der Waals surface area contributed by atoms with Crippen LogP contribution in [0.2, 0.25) is 0 Å². The fraction of sp³-hybridized carbons (Fsp3) is 0.875. The lowest BCUT2D eigenvalue weighted by molar-refractivity contribution is -0.151. The van der Waals surface area contributed by atoms with Crippen molar-refractivity contribution in [2.45, 2.75) is 58.0 Å². The van der Waals surface area contributed by atoms with Gasteiger partial charge in [-0.15, -0.1) is 0 Å². The fourth-order valence-corrected chi connectivity index (χ4v) is 3.12. The molecule has 0 spiro atoms. The van der Waals surface area contributed by atoms with Crippen molar-refractivity contribution >= 4 is 11.8 Å². The monoisotopic (exact) mass is 296 g/mol. The molecule has 1 aliphatic heterocycles. The minimum Gasteiger partial charge on any atom is -0.385 e. The number of nitrogens with one attached hydrogen (secondary N) is 1. The van der Waals surface area contributed by atoms with Crippen LogP contribution in [-0.2, 0) is 14.3 Å². The molecule has 2 unspecified atom stereocenters. The predicted octanol–water partition coefficient (Wildman–Crippen LogP) is 1.56. The summed E-state index contributed by atoms with van der Waals surface area (Å²) in [6.45, 7) is 5.45. The van der Waals surface area contributed by atoms with Crippen LogP contribution in [0, 0.1) is 11.8 Å². The van der Waals surface area contributed by atoms with Crippen molar-refractivity contribution in [3.63, 3.8) is 0 Å². The molecular weight excluding hydrogens is 268 g/mol. The van der Waals surface area contributed by atoms with Crippen molar-refractivity contribution in [3.8, 4) is 0 Å². The number of piperazine rings is 1. The second-order valence-corrected chi connectivity index (χ2v) is 6.60. The van der Waals surface area contributed by atoms with E-state index in [-0.39, 0.29) is 29.8 Å². The molecule has 21 heavy (non-hydrogen) atoms. The van der Waals surface area contributed by atoms with Gasteiger partial charge >= 0.3 is 0 Å². The summed E-state index contributed by atoms with van der Waals surface area (Å²) >= 11 is 0. The lowest BCUT2D eigenvalue weighted by Gasteiger charge is -2.41. The van der Waals surface area contributed by atoms with Crippen molar-refractivity contribution in [2.75, 3.05) is 20.3 Å². The highest BCUT2D eigenvalue weighted by molar-refractivity contribution is 5.97. The number of hydrogen-bond acceptors (Lipinski definition) is 3. The molecule has 1 heterocycles. The van der Waals surface area contributed by atoms with Gasteiger partial charge < -0.3 is 15.0 Å². The van der Waals surface area contributed by atoms with Crippen molar-refractivity contribution in [2.24, 2.45) is 11.8 Å². The quantitative estimate of drug-likeness (QED) is 0.692. The van der Waals surface area contributed by atoms with Crippen LogP contribution in [0.4, 0.5) is 0 Å². The zero-order valence-electron chi connectivity index (χ0n) is 13.4. The highest BCUT2D eigenvalue weighted by Crippen LogP contribution is 2.35. The number of carbonyl (C=O) groups excluding carboxylic acids is 2. The van der Waals surface area contributed by atoms with E-state index in [2.05, 4.69) is 5.32 Å². The summed E-state index contributed by atoms with van der Waals surface area (Å²) in [7, 11) is 1.70. The number of ether oxygens (including phenoxy) is 1. The Morgan fingerprint density at radius 2 is 1.95 bits per heavy atom. The Morgan fingerprint density at radius 3 is 2.52 bits per heavy atom. The van der Waals surface area contributed by atoms with Gasteiger partial charge in [0, 0.05) is 20.3 Å². The number of amides is 2. The first-order valence-corrected chi connectivity index (χ1v) is 8.16. The zero-order chi connectivity index (χ0) is 15.4. The van der Waals surface area contributed by atoms with Gasteiger partial charge in [0.15, 0.2) is 0 Å². The number of rotatable bonds is 8. The average Bonchev–Trinajstić information content (AvgIpc) is 3.25. The minimum absolute atomic E-state index is 0.0263. The molecule has 0 radical (unpaired) electrons. The van der Waals surface area contributed by atoms with Gasteiger partial charge in [0.05, 0.1) is 0 Å². The fourth-order valence-electron chi connectivity index (χ4n) is 3.12. The smallest absolute Gasteiger partial charge is 0.246 e. The molecule has 5 nitrogen and oxygen atoms in total. The van der Waals surface area contributed by atoms with E-state index < -0.39 is 0 Å². The number of nitrogens with zero attached hydrogens (tertiary/aromatic N) is 1. The third-order valence-electron chi connectivity index (χ3n) is 4.42. The Labute approximate surface area is 127 Å². The number of unbranched alkanes of at least 4 members (excludes halogenated alkanes) is 2. The lowest BCUT2D eigenvalue weighted by Crippen LogP contribution is -2.65. The van der Waals surface area contributed by atoms with E-state index in [9.17, 15) is 9.59 Å². The molecule has 0 aromatic carbocycles. The number of carbonyl (C=O) groups is 2. The largest absolute Gasteiger partial charge is 0.385 e. The van der Waals surface area contributed by atoms with Crippen molar-refractivity contribution in [1.82, 2.24) is 10.2 Å². The molecule has 2 amide bonds. The molecule has 1 saturated heterocycles. The first-order chi connectivity index (χ1) is 10.1. The maximum absolute atomic E-state index is 12.7. The standard InChI is InChI=1S/C16H28N2O3/c1-11(2)14-15(19)17-13(12-7-8-12)16(20)18(14)9-5-4-6-10-21-3/h11-14H,4-10H2,1-3H3,(H,17,19). The third-order valence-corrected chi connectivity index (χ3v) is 4.42. The Kier molecular flexibility index (Phi) is 5.62. The summed E-state index contributed by atoms with van der Waals surface area (Å²) in [4.78, 5) is 26.9. The SMILES string of the molecule is COCCCCCN1C(=O)C(C2CC2)NC(=O)C1C(C)C. The van der Waals surface area contributed by atoms with Gasteiger partial charge in [0.2, 0.25) is 11.8 Å². The first kappa shape index (κ1) is 16.3. The van der Waals surface area contributed by atoms with Crippen LogP contribution in [0.1, 0.15) is 46.0 Å². The number of methoxy groups -OCH3 is 1.